The molecule has 0 saturated carbocycles. The molecule has 2 atom stereocenters. The Morgan fingerprint density at radius 3 is 2.32 bits per heavy atom. The normalized spacial score (nSPS) is 13.7. The van der Waals surface area contributed by atoms with E-state index in [2.05, 4.69) is 4.98 Å². The zero-order valence-electron chi connectivity index (χ0n) is 13.1. The van der Waals surface area contributed by atoms with Gasteiger partial charge >= 0.3 is 5.97 Å². The number of rotatable bonds is 4. The lowest BCUT2D eigenvalue weighted by Crippen LogP contribution is -2.11. The lowest BCUT2D eigenvalue weighted by molar-refractivity contribution is 0.0330. The van der Waals surface area contributed by atoms with E-state index in [1.54, 1.807) is 39.8 Å². The third-order valence-corrected chi connectivity index (χ3v) is 3.74. The standard InChI is InChI=1S/C17H20FNO3/c1-9-15(11(3)20)10(2)19-16(9)17(21)22-12(4)13-5-7-14(18)8-6-13/h5-8,11-12,19-20H,1-4H3/t11-,12-/m0/s1. The van der Waals surface area contributed by atoms with Crippen molar-refractivity contribution in [1.29, 1.82) is 0 Å². The molecular formula is C17H20FNO3. The van der Waals surface area contributed by atoms with E-state index in [9.17, 15) is 14.3 Å². The highest BCUT2D eigenvalue weighted by Gasteiger charge is 2.22. The minimum absolute atomic E-state index is 0.334. The predicted molar refractivity (Wildman–Crippen MR) is 81.1 cm³/mol. The maximum atomic E-state index is 12.9. The molecule has 0 aliphatic heterocycles. The second kappa shape index (κ2) is 6.32. The van der Waals surface area contributed by atoms with Gasteiger partial charge < -0.3 is 14.8 Å². The van der Waals surface area contributed by atoms with Gasteiger partial charge in [0.25, 0.3) is 0 Å². The van der Waals surface area contributed by atoms with Crippen LogP contribution in [0.2, 0.25) is 0 Å². The molecule has 0 radical (unpaired) electrons. The summed E-state index contributed by atoms with van der Waals surface area (Å²) in [5.41, 5.74) is 3.19. The summed E-state index contributed by atoms with van der Waals surface area (Å²) in [5, 5.41) is 9.76. The molecule has 0 bridgehead atoms. The van der Waals surface area contributed by atoms with Crippen LogP contribution in [0.3, 0.4) is 0 Å². The van der Waals surface area contributed by atoms with Crippen molar-refractivity contribution in [2.24, 2.45) is 0 Å². The van der Waals surface area contributed by atoms with E-state index in [1.807, 2.05) is 0 Å². The lowest BCUT2D eigenvalue weighted by atomic mass is 10.1. The van der Waals surface area contributed by atoms with E-state index in [-0.39, 0.29) is 5.82 Å². The number of aryl methyl sites for hydroxylation is 1. The molecular weight excluding hydrogens is 285 g/mol. The third-order valence-electron chi connectivity index (χ3n) is 3.74. The van der Waals surface area contributed by atoms with Gasteiger partial charge in [0.05, 0.1) is 6.10 Å². The molecule has 0 amide bonds. The fourth-order valence-electron chi connectivity index (χ4n) is 2.62. The van der Waals surface area contributed by atoms with Crippen LogP contribution < -0.4 is 0 Å². The van der Waals surface area contributed by atoms with Gasteiger partial charge in [0.15, 0.2) is 0 Å². The molecule has 0 aliphatic rings. The van der Waals surface area contributed by atoms with Crippen LogP contribution in [0.15, 0.2) is 24.3 Å². The van der Waals surface area contributed by atoms with Crippen molar-refractivity contribution in [2.75, 3.05) is 0 Å². The van der Waals surface area contributed by atoms with Crippen LogP contribution in [-0.4, -0.2) is 16.1 Å². The van der Waals surface area contributed by atoms with Gasteiger partial charge in [0, 0.05) is 11.3 Å². The smallest absolute Gasteiger partial charge is 0.355 e. The number of esters is 1. The molecule has 1 heterocycles. The maximum absolute atomic E-state index is 12.9. The van der Waals surface area contributed by atoms with Gasteiger partial charge in [-0.25, -0.2) is 9.18 Å². The van der Waals surface area contributed by atoms with Crippen LogP contribution in [0.5, 0.6) is 0 Å². The van der Waals surface area contributed by atoms with Crippen LogP contribution >= 0.6 is 0 Å². The van der Waals surface area contributed by atoms with Crippen LogP contribution in [0.1, 0.15) is 58.9 Å². The molecule has 0 unspecified atom stereocenters. The first kappa shape index (κ1) is 16.2. The maximum Gasteiger partial charge on any atom is 0.355 e. The van der Waals surface area contributed by atoms with Crippen LogP contribution in [-0.2, 0) is 4.74 Å². The molecule has 4 nitrogen and oxygen atoms in total. The van der Waals surface area contributed by atoms with Gasteiger partial charge in [-0.2, -0.15) is 0 Å². The van der Waals surface area contributed by atoms with Crippen LogP contribution in [0.4, 0.5) is 4.39 Å². The van der Waals surface area contributed by atoms with Crippen LogP contribution in [0, 0.1) is 19.7 Å². The molecule has 118 valence electrons. The third kappa shape index (κ3) is 3.20. The van der Waals surface area contributed by atoms with Gasteiger partial charge in [-0.1, -0.05) is 12.1 Å². The molecule has 1 aromatic heterocycles. The summed E-state index contributed by atoms with van der Waals surface area (Å²) in [4.78, 5) is 15.3. The van der Waals surface area contributed by atoms with Crippen LogP contribution in [0.25, 0.3) is 0 Å². The fraction of sp³-hybridized carbons (Fsp3) is 0.353. The topological polar surface area (TPSA) is 62.3 Å². The highest BCUT2D eigenvalue weighted by molar-refractivity contribution is 5.90. The monoisotopic (exact) mass is 305 g/mol. The van der Waals surface area contributed by atoms with Crippen molar-refractivity contribution >= 4 is 5.97 Å². The lowest BCUT2D eigenvalue weighted by Gasteiger charge is -2.13. The predicted octanol–water partition coefficient (Wildman–Crippen LogP) is 3.74. The second-order valence-electron chi connectivity index (χ2n) is 5.44. The number of aromatic amines is 1. The number of halogens is 1. The van der Waals surface area contributed by atoms with Crippen molar-refractivity contribution < 1.29 is 19.0 Å². The van der Waals surface area contributed by atoms with Crippen molar-refractivity contribution in [3.63, 3.8) is 0 Å². The molecule has 2 aromatic rings. The fourth-order valence-corrected chi connectivity index (χ4v) is 2.62. The first-order chi connectivity index (χ1) is 10.3. The Kier molecular flexibility index (Phi) is 4.66. The summed E-state index contributed by atoms with van der Waals surface area (Å²) >= 11 is 0. The van der Waals surface area contributed by atoms with Gasteiger partial charge in [0.1, 0.15) is 17.6 Å². The summed E-state index contributed by atoms with van der Waals surface area (Å²) in [7, 11) is 0. The average Bonchev–Trinajstić information content (AvgIpc) is 2.74. The molecule has 2 N–H and O–H groups in total. The Balaban J connectivity index is 2.19. The summed E-state index contributed by atoms with van der Waals surface area (Å²) in [6.07, 6.45) is -1.15. The minimum atomic E-state index is -0.660. The summed E-state index contributed by atoms with van der Waals surface area (Å²) in [6.45, 7) is 6.95. The highest BCUT2D eigenvalue weighted by Crippen LogP contribution is 2.26. The zero-order valence-corrected chi connectivity index (χ0v) is 13.1. The Hall–Kier alpha value is -2.14. The number of carbonyl (C=O) groups excluding carboxylic acids is 1. The first-order valence-corrected chi connectivity index (χ1v) is 7.14. The van der Waals surface area contributed by atoms with E-state index in [4.69, 9.17) is 4.74 Å². The van der Waals surface area contributed by atoms with E-state index in [0.717, 1.165) is 5.69 Å². The molecule has 22 heavy (non-hydrogen) atoms. The summed E-state index contributed by atoms with van der Waals surface area (Å²) < 4.78 is 18.3. The number of carbonyl (C=O) groups is 1. The quantitative estimate of drug-likeness (QED) is 0.846. The van der Waals surface area contributed by atoms with Gasteiger partial charge in [-0.05, 0) is 51.0 Å². The number of hydrogen-bond acceptors (Lipinski definition) is 3. The molecule has 0 saturated heterocycles. The average molecular weight is 305 g/mol. The van der Waals surface area contributed by atoms with Gasteiger partial charge in [-0.3, -0.25) is 0 Å². The first-order valence-electron chi connectivity index (χ1n) is 7.14. The van der Waals surface area contributed by atoms with Crippen molar-refractivity contribution in [2.45, 2.75) is 39.9 Å². The van der Waals surface area contributed by atoms with Crippen molar-refractivity contribution in [3.05, 3.63) is 58.2 Å². The number of aliphatic hydroxyl groups excluding tert-OH is 1. The molecule has 0 aliphatic carbocycles. The molecule has 5 heteroatoms. The van der Waals surface area contributed by atoms with E-state index < -0.39 is 18.2 Å². The molecule has 1 aromatic carbocycles. The van der Waals surface area contributed by atoms with E-state index in [0.29, 0.717) is 22.4 Å². The molecule has 0 spiro atoms. The highest BCUT2D eigenvalue weighted by atomic mass is 19.1. The Bertz CT molecular complexity index is 674. The van der Waals surface area contributed by atoms with E-state index >= 15 is 0 Å². The number of aromatic nitrogens is 1. The number of H-pyrrole nitrogens is 1. The number of nitrogens with one attached hydrogen (secondary N) is 1. The van der Waals surface area contributed by atoms with Gasteiger partial charge in [-0.15, -0.1) is 0 Å². The largest absolute Gasteiger partial charge is 0.453 e. The zero-order chi connectivity index (χ0) is 16.4. The van der Waals surface area contributed by atoms with Crippen molar-refractivity contribution in [3.8, 4) is 0 Å². The van der Waals surface area contributed by atoms with Gasteiger partial charge in [0.2, 0.25) is 0 Å². The molecule has 2 rings (SSSR count). The number of ether oxygens (including phenoxy) is 1. The number of benzene rings is 1. The minimum Gasteiger partial charge on any atom is -0.453 e. The van der Waals surface area contributed by atoms with E-state index in [1.165, 1.54) is 12.1 Å². The van der Waals surface area contributed by atoms with Crippen molar-refractivity contribution in [1.82, 2.24) is 4.98 Å². The Morgan fingerprint density at radius 2 is 1.82 bits per heavy atom. The Morgan fingerprint density at radius 1 is 1.23 bits per heavy atom. The summed E-state index contributed by atoms with van der Waals surface area (Å²) in [6, 6.07) is 5.83. The summed E-state index contributed by atoms with van der Waals surface area (Å²) in [5.74, 6) is -0.830. The Labute approximate surface area is 128 Å². The second-order valence-corrected chi connectivity index (χ2v) is 5.44. The number of aliphatic hydroxyl groups is 1. The SMILES string of the molecule is Cc1[nH]c(C(=O)O[C@@H](C)c2ccc(F)cc2)c(C)c1[C@H](C)O. The number of hydrogen-bond donors (Lipinski definition) is 2. The molecule has 0 fully saturated rings.